The van der Waals surface area contributed by atoms with Gasteiger partial charge in [0, 0.05) is 17.1 Å². The Kier molecular flexibility index (Phi) is 4.86. The summed E-state index contributed by atoms with van der Waals surface area (Å²) in [4.78, 5) is 14.1. The van der Waals surface area contributed by atoms with Crippen molar-refractivity contribution in [1.82, 2.24) is 0 Å². The van der Waals surface area contributed by atoms with Gasteiger partial charge in [0.1, 0.15) is 11.3 Å². The van der Waals surface area contributed by atoms with Gasteiger partial charge in [-0.25, -0.2) is 4.79 Å². The zero-order valence-corrected chi connectivity index (χ0v) is 17.2. The number of nitrogens with zero attached hydrogens (tertiary/aromatic N) is 1. The highest BCUT2D eigenvalue weighted by Gasteiger charge is 2.31. The summed E-state index contributed by atoms with van der Waals surface area (Å²) in [5.74, 6) is 0.399. The summed E-state index contributed by atoms with van der Waals surface area (Å²) in [5.41, 5.74) is 1.70. The van der Waals surface area contributed by atoms with Gasteiger partial charge in [-0.1, -0.05) is 41.9 Å². The lowest BCUT2D eigenvalue weighted by Crippen LogP contribution is -2.32. The van der Waals surface area contributed by atoms with E-state index in [9.17, 15) is 18.0 Å². The molecule has 0 radical (unpaired) electrons. The first-order valence-corrected chi connectivity index (χ1v) is 10.1. The maximum atomic E-state index is 12.9. The second kappa shape index (κ2) is 7.60. The fraction of sp³-hybridized carbons (Fsp3) is 0.125. The van der Waals surface area contributed by atoms with Crippen LogP contribution in [0.5, 0.6) is 5.75 Å². The topological polar surface area (TPSA) is 42.7 Å². The van der Waals surface area contributed by atoms with Crippen molar-refractivity contribution in [3.63, 3.8) is 0 Å². The van der Waals surface area contributed by atoms with E-state index < -0.39 is 17.4 Å². The lowest BCUT2D eigenvalue weighted by Gasteiger charge is -2.31. The van der Waals surface area contributed by atoms with Gasteiger partial charge in [0.15, 0.2) is 6.73 Å². The van der Waals surface area contributed by atoms with Gasteiger partial charge >= 0.3 is 11.8 Å². The third kappa shape index (κ3) is 3.58. The minimum absolute atomic E-state index is 0.0895. The van der Waals surface area contributed by atoms with E-state index in [-0.39, 0.29) is 13.3 Å². The Labute approximate surface area is 185 Å². The van der Waals surface area contributed by atoms with E-state index in [1.54, 1.807) is 11.0 Å². The predicted molar refractivity (Wildman–Crippen MR) is 116 cm³/mol. The molecule has 8 heteroatoms. The summed E-state index contributed by atoms with van der Waals surface area (Å²) in [7, 11) is 0. The second-order valence-corrected chi connectivity index (χ2v) is 7.81. The fourth-order valence-corrected chi connectivity index (χ4v) is 4.15. The Morgan fingerprint density at radius 3 is 2.38 bits per heavy atom. The number of benzene rings is 3. The number of anilines is 1. The average molecular weight is 458 g/mol. The van der Waals surface area contributed by atoms with E-state index in [1.807, 2.05) is 30.3 Å². The van der Waals surface area contributed by atoms with Crippen molar-refractivity contribution in [2.24, 2.45) is 0 Å². The smallest absolute Gasteiger partial charge is 0.416 e. The highest BCUT2D eigenvalue weighted by Crippen LogP contribution is 2.42. The first-order chi connectivity index (χ1) is 15.3. The fourth-order valence-electron chi connectivity index (χ4n) is 3.87. The number of ether oxygens (including phenoxy) is 1. The van der Waals surface area contributed by atoms with Gasteiger partial charge in [0.2, 0.25) is 0 Å². The number of rotatable bonds is 2. The molecular formula is C24H15ClF3NO3. The summed E-state index contributed by atoms with van der Waals surface area (Å²) < 4.78 is 50.1. The Hall–Kier alpha value is -3.45. The summed E-state index contributed by atoms with van der Waals surface area (Å²) in [6, 6.07) is 17.3. The summed E-state index contributed by atoms with van der Waals surface area (Å²) in [6.45, 7) is 0.338. The molecule has 0 unspecified atom stereocenters. The normalized spacial score (nSPS) is 13.7. The molecule has 0 N–H and O–H groups in total. The molecule has 1 aliphatic heterocycles. The van der Waals surface area contributed by atoms with E-state index in [4.69, 9.17) is 20.8 Å². The van der Waals surface area contributed by atoms with Gasteiger partial charge < -0.3 is 14.1 Å². The Morgan fingerprint density at radius 1 is 0.969 bits per heavy atom. The molecule has 4 nitrogen and oxygen atoms in total. The van der Waals surface area contributed by atoms with Gasteiger partial charge in [0.05, 0.1) is 22.7 Å². The average Bonchev–Trinajstić information content (AvgIpc) is 2.79. The van der Waals surface area contributed by atoms with Crippen molar-refractivity contribution in [1.29, 1.82) is 0 Å². The van der Waals surface area contributed by atoms with Crippen LogP contribution in [0, 0.1) is 0 Å². The third-order valence-corrected chi connectivity index (χ3v) is 5.67. The molecule has 1 aliphatic rings. The van der Waals surface area contributed by atoms with Crippen molar-refractivity contribution in [3.05, 3.63) is 93.3 Å². The van der Waals surface area contributed by atoms with Crippen LogP contribution in [-0.2, 0) is 12.7 Å². The molecule has 32 heavy (non-hydrogen) atoms. The van der Waals surface area contributed by atoms with Crippen LogP contribution in [-0.4, -0.2) is 6.73 Å². The van der Waals surface area contributed by atoms with E-state index in [2.05, 4.69) is 0 Å². The Morgan fingerprint density at radius 2 is 1.69 bits per heavy atom. The van der Waals surface area contributed by atoms with Gasteiger partial charge in [-0.2, -0.15) is 13.2 Å². The van der Waals surface area contributed by atoms with Crippen molar-refractivity contribution in [2.45, 2.75) is 12.7 Å². The minimum Gasteiger partial charge on any atom is -0.471 e. The number of fused-ring (bicyclic) bond motifs is 3. The lowest BCUT2D eigenvalue weighted by molar-refractivity contribution is -0.137. The predicted octanol–water partition coefficient (Wildman–Crippen LogP) is 6.49. The Bertz CT molecular complexity index is 1370. The Balaban J connectivity index is 1.62. The van der Waals surface area contributed by atoms with Gasteiger partial charge in [-0.05, 0) is 41.5 Å². The standard InChI is InChI=1S/C24H15ClF3NO3/c25-20-10-18-17(14-4-2-1-3-5-14)11-21(30)32-22(18)19-12-29(13-31-23(19)20)16-8-6-15(7-9-16)24(26,27)28/h1-11H,12-13H2. The van der Waals surface area contributed by atoms with Crippen LogP contribution < -0.4 is 15.3 Å². The molecule has 4 aromatic rings. The third-order valence-electron chi connectivity index (χ3n) is 5.39. The van der Waals surface area contributed by atoms with Crippen LogP contribution in [0.3, 0.4) is 0 Å². The summed E-state index contributed by atoms with van der Waals surface area (Å²) >= 11 is 6.50. The molecular weight excluding hydrogens is 443 g/mol. The molecule has 0 amide bonds. The van der Waals surface area contributed by atoms with Crippen LogP contribution in [0.1, 0.15) is 11.1 Å². The minimum atomic E-state index is -4.41. The van der Waals surface area contributed by atoms with Crippen molar-refractivity contribution in [3.8, 4) is 16.9 Å². The van der Waals surface area contributed by atoms with Crippen LogP contribution in [0.2, 0.25) is 5.02 Å². The first kappa shape index (κ1) is 20.5. The highest BCUT2D eigenvalue weighted by atomic mass is 35.5. The van der Waals surface area contributed by atoms with Crippen molar-refractivity contribution < 1.29 is 22.3 Å². The summed E-state index contributed by atoms with van der Waals surface area (Å²) in [5, 5.41) is 1.02. The zero-order valence-electron chi connectivity index (χ0n) is 16.4. The molecule has 0 saturated carbocycles. The number of hydrogen-bond donors (Lipinski definition) is 0. The molecule has 0 saturated heterocycles. The molecule has 0 fully saturated rings. The molecule has 0 bridgehead atoms. The maximum absolute atomic E-state index is 12.9. The molecule has 2 heterocycles. The van der Waals surface area contributed by atoms with Crippen LogP contribution in [0.15, 0.2) is 75.9 Å². The van der Waals surface area contributed by atoms with E-state index >= 15 is 0 Å². The molecule has 162 valence electrons. The van der Waals surface area contributed by atoms with E-state index in [0.29, 0.717) is 38.6 Å². The first-order valence-electron chi connectivity index (χ1n) is 9.71. The number of halogens is 4. The van der Waals surface area contributed by atoms with Gasteiger partial charge in [-0.3, -0.25) is 0 Å². The number of alkyl halides is 3. The van der Waals surface area contributed by atoms with Crippen LogP contribution in [0.4, 0.5) is 18.9 Å². The monoisotopic (exact) mass is 457 g/mol. The lowest BCUT2D eigenvalue weighted by atomic mass is 9.99. The molecule has 1 aromatic heterocycles. The molecule has 0 spiro atoms. The van der Waals surface area contributed by atoms with E-state index in [1.165, 1.54) is 18.2 Å². The second-order valence-electron chi connectivity index (χ2n) is 7.40. The summed E-state index contributed by atoms with van der Waals surface area (Å²) in [6.07, 6.45) is -4.41. The van der Waals surface area contributed by atoms with Crippen molar-refractivity contribution >= 4 is 28.3 Å². The zero-order chi connectivity index (χ0) is 22.5. The largest absolute Gasteiger partial charge is 0.471 e. The van der Waals surface area contributed by atoms with E-state index in [0.717, 1.165) is 17.7 Å². The molecule has 3 aromatic carbocycles. The molecule has 0 aliphatic carbocycles. The maximum Gasteiger partial charge on any atom is 0.416 e. The van der Waals surface area contributed by atoms with Gasteiger partial charge in [0.25, 0.3) is 0 Å². The van der Waals surface area contributed by atoms with Crippen molar-refractivity contribution in [2.75, 3.05) is 11.6 Å². The molecule has 5 rings (SSSR count). The van der Waals surface area contributed by atoms with Gasteiger partial charge in [-0.15, -0.1) is 0 Å². The van der Waals surface area contributed by atoms with Crippen LogP contribution in [0.25, 0.3) is 22.1 Å². The molecule has 0 atom stereocenters. The number of hydrogen-bond acceptors (Lipinski definition) is 4. The highest BCUT2D eigenvalue weighted by molar-refractivity contribution is 6.33. The quantitative estimate of drug-likeness (QED) is 0.323. The van der Waals surface area contributed by atoms with Crippen LogP contribution >= 0.6 is 11.6 Å². The SMILES string of the molecule is O=c1cc(-c2ccccc2)c2cc(Cl)c3c(c2o1)CN(c1ccc(C(F)(F)F)cc1)CO3.